The van der Waals surface area contributed by atoms with E-state index in [0.717, 1.165) is 5.56 Å². The van der Waals surface area contributed by atoms with Crippen LogP contribution in [0.15, 0.2) is 54.7 Å². The quantitative estimate of drug-likeness (QED) is 0.547. The summed E-state index contributed by atoms with van der Waals surface area (Å²) in [5.74, 6) is -0.921. The van der Waals surface area contributed by atoms with Crippen molar-refractivity contribution in [3.8, 4) is 0 Å². The number of Topliss-reactive ketones (excluding diaryl/α,β-unsaturated/α-hetero) is 1. The van der Waals surface area contributed by atoms with Crippen LogP contribution >= 0.6 is 0 Å². The first kappa shape index (κ1) is 14.8. The molecule has 0 atom stereocenters. The number of aromatic nitrogens is 2. The molecular weight excluding hydrogens is 292 g/mol. The highest BCUT2D eigenvalue weighted by atomic mass is 16.5. The zero-order valence-electron chi connectivity index (χ0n) is 12.5. The van der Waals surface area contributed by atoms with Gasteiger partial charge in [0.15, 0.2) is 18.1 Å². The SMILES string of the molecule is Cc1ccc(C(=O)COC(=O)c2cnc3ccccc3n2)cc1. The lowest BCUT2D eigenvalue weighted by atomic mass is 10.1. The lowest BCUT2D eigenvalue weighted by Crippen LogP contribution is -2.15. The smallest absolute Gasteiger partial charge is 0.359 e. The van der Waals surface area contributed by atoms with Crippen LogP contribution in [0.5, 0.6) is 0 Å². The third-order valence-electron chi connectivity index (χ3n) is 3.37. The topological polar surface area (TPSA) is 69.2 Å². The number of fused-ring (bicyclic) bond motifs is 1. The van der Waals surface area contributed by atoms with Gasteiger partial charge in [0.2, 0.25) is 0 Å². The second-order valence-electron chi connectivity index (χ2n) is 5.11. The van der Waals surface area contributed by atoms with E-state index in [1.54, 1.807) is 24.3 Å². The van der Waals surface area contributed by atoms with Crippen LogP contribution < -0.4 is 0 Å². The number of hydrogen-bond acceptors (Lipinski definition) is 5. The molecule has 0 saturated carbocycles. The predicted octanol–water partition coefficient (Wildman–Crippen LogP) is 2.98. The van der Waals surface area contributed by atoms with Crippen LogP contribution in [0.4, 0.5) is 0 Å². The van der Waals surface area contributed by atoms with Gasteiger partial charge >= 0.3 is 5.97 Å². The second kappa shape index (κ2) is 6.36. The van der Waals surface area contributed by atoms with Gasteiger partial charge < -0.3 is 4.74 Å². The number of ether oxygens (including phenoxy) is 1. The summed E-state index contributed by atoms with van der Waals surface area (Å²) >= 11 is 0. The van der Waals surface area contributed by atoms with E-state index in [1.807, 2.05) is 31.2 Å². The molecule has 0 saturated heterocycles. The van der Waals surface area contributed by atoms with Crippen LogP contribution in [0.2, 0.25) is 0 Å². The zero-order valence-corrected chi connectivity index (χ0v) is 12.5. The Morgan fingerprint density at radius 1 is 1.00 bits per heavy atom. The Bertz CT molecular complexity index is 873. The first-order chi connectivity index (χ1) is 11.1. The molecule has 0 bridgehead atoms. The standard InChI is InChI=1S/C18H14N2O3/c1-12-6-8-13(9-7-12)17(21)11-23-18(22)16-10-19-14-4-2-3-5-15(14)20-16/h2-10H,11H2,1H3. The maximum atomic E-state index is 12.0. The molecule has 3 aromatic rings. The van der Waals surface area contributed by atoms with Crippen molar-refractivity contribution in [1.82, 2.24) is 9.97 Å². The summed E-state index contributed by atoms with van der Waals surface area (Å²) < 4.78 is 5.03. The van der Waals surface area contributed by atoms with Gasteiger partial charge in [-0.1, -0.05) is 42.0 Å². The van der Waals surface area contributed by atoms with E-state index in [4.69, 9.17) is 4.74 Å². The van der Waals surface area contributed by atoms with Crippen LogP contribution in [-0.4, -0.2) is 28.3 Å². The fraction of sp³-hybridized carbons (Fsp3) is 0.111. The van der Waals surface area contributed by atoms with E-state index >= 15 is 0 Å². The van der Waals surface area contributed by atoms with Crippen molar-refractivity contribution < 1.29 is 14.3 Å². The molecule has 0 aliphatic rings. The van der Waals surface area contributed by atoms with E-state index in [2.05, 4.69) is 9.97 Å². The van der Waals surface area contributed by atoms with Gasteiger partial charge in [-0.15, -0.1) is 0 Å². The van der Waals surface area contributed by atoms with Gasteiger partial charge in [-0.05, 0) is 19.1 Å². The van der Waals surface area contributed by atoms with Crippen molar-refractivity contribution in [1.29, 1.82) is 0 Å². The molecule has 0 amide bonds. The van der Waals surface area contributed by atoms with E-state index < -0.39 is 5.97 Å². The molecule has 1 aromatic heterocycles. The molecule has 0 aliphatic carbocycles. The molecule has 0 N–H and O–H groups in total. The van der Waals surface area contributed by atoms with Crippen molar-refractivity contribution in [2.75, 3.05) is 6.61 Å². The molecule has 1 heterocycles. The van der Waals surface area contributed by atoms with E-state index in [1.165, 1.54) is 6.20 Å². The van der Waals surface area contributed by atoms with E-state index in [0.29, 0.717) is 16.6 Å². The maximum Gasteiger partial charge on any atom is 0.359 e. The highest BCUT2D eigenvalue weighted by Gasteiger charge is 2.14. The summed E-state index contributed by atoms with van der Waals surface area (Å²) in [6, 6.07) is 14.3. The van der Waals surface area contributed by atoms with E-state index in [9.17, 15) is 9.59 Å². The average molecular weight is 306 g/mol. The number of esters is 1. The Morgan fingerprint density at radius 2 is 1.70 bits per heavy atom. The number of ketones is 1. The van der Waals surface area contributed by atoms with Crippen molar-refractivity contribution in [3.05, 3.63) is 71.5 Å². The molecule has 114 valence electrons. The summed E-state index contributed by atoms with van der Waals surface area (Å²) in [6.45, 7) is 1.61. The number of rotatable bonds is 4. The summed E-state index contributed by atoms with van der Waals surface area (Å²) in [5.41, 5.74) is 2.95. The maximum absolute atomic E-state index is 12.0. The summed E-state index contributed by atoms with van der Waals surface area (Å²) in [6.07, 6.45) is 1.35. The molecule has 5 heteroatoms. The second-order valence-corrected chi connectivity index (χ2v) is 5.11. The summed E-state index contributed by atoms with van der Waals surface area (Å²) in [5, 5.41) is 0. The Labute approximate surface area is 133 Å². The van der Waals surface area contributed by atoms with Crippen molar-refractivity contribution in [2.24, 2.45) is 0 Å². The lowest BCUT2D eigenvalue weighted by Gasteiger charge is -2.05. The first-order valence-corrected chi connectivity index (χ1v) is 7.12. The molecule has 5 nitrogen and oxygen atoms in total. The van der Waals surface area contributed by atoms with Crippen molar-refractivity contribution in [3.63, 3.8) is 0 Å². The number of para-hydroxylation sites is 2. The normalized spacial score (nSPS) is 10.5. The van der Waals surface area contributed by atoms with Crippen LogP contribution in [-0.2, 0) is 4.74 Å². The van der Waals surface area contributed by atoms with Gasteiger partial charge in [0.1, 0.15) is 0 Å². The van der Waals surface area contributed by atoms with E-state index in [-0.39, 0.29) is 18.1 Å². The fourth-order valence-electron chi connectivity index (χ4n) is 2.08. The molecule has 3 rings (SSSR count). The number of carbonyl (C=O) groups is 2. The molecule has 0 aliphatic heterocycles. The van der Waals surface area contributed by atoms with Crippen molar-refractivity contribution >= 4 is 22.8 Å². The van der Waals surface area contributed by atoms with Gasteiger partial charge in [-0.3, -0.25) is 9.78 Å². The number of hydrogen-bond donors (Lipinski definition) is 0. The monoisotopic (exact) mass is 306 g/mol. The minimum absolute atomic E-state index is 0.0837. The number of benzene rings is 2. The van der Waals surface area contributed by atoms with Gasteiger partial charge in [0.25, 0.3) is 0 Å². The average Bonchev–Trinajstić information content (AvgIpc) is 2.59. The Kier molecular flexibility index (Phi) is 4.10. The predicted molar refractivity (Wildman–Crippen MR) is 85.3 cm³/mol. The minimum atomic E-state index is -0.663. The fourth-order valence-corrected chi connectivity index (χ4v) is 2.08. The minimum Gasteiger partial charge on any atom is -0.453 e. The van der Waals surface area contributed by atoms with Gasteiger partial charge in [-0.2, -0.15) is 0 Å². The number of aryl methyl sites for hydroxylation is 1. The molecule has 0 spiro atoms. The Balaban J connectivity index is 1.68. The van der Waals surface area contributed by atoms with Crippen LogP contribution in [0.3, 0.4) is 0 Å². The number of carbonyl (C=O) groups excluding carboxylic acids is 2. The van der Waals surface area contributed by atoms with Gasteiger partial charge in [0, 0.05) is 5.56 Å². The third-order valence-corrected chi connectivity index (χ3v) is 3.37. The third kappa shape index (κ3) is 3.40. The lowest BCUT2D eigenvalue weighted by molar-refractivity contribution is 0.0469. The highest BCUT2D eigenvalue weighted by molar-refractivity contribution is 5.99. The van der Waals surface area contributed by atoms with Gasteiger partial charge in [-0.25, -0.2) is 9.78 Å². The molecular formula is C18H14N2O3. The Morgan fingerprint density at radius 3 is 2.43 bits per heavy atom. The zero-order chi connectivity index (χ0) is 16.2. The molecule has 0 fully saturated rings. The first-order valence-electron chi connectivity index (χ1n) is 7.12. The van der Waals surface area contributed by atoms with Gasteiger partial charge in [0.05, 0.1) is 17.2 Å². The summed E-state index contributed by atoms with van der Waals surface area (Å²) in [7, 11) is 0. The Hall–Kier alpha value is -3.08. The highest BCUT2D eigenvalue weighted by Crippen LogP contribution is 2.10. The number of nitrogens with zero attached hydrogens (tertiary/aromatic N) is 2. The van der Waals surface area contributed by atoms with Crippen LogP contribution in [0.25, 0.3) is 11.0 Å². The van der Waals surface area contributed by atoms with Crippen LogP contribution in [0.1, 0.15) is 26.4 Å². The molecule has 0 radical (unpaired) electrons. The molecule has 23 heavy (non-hydrogen) atoms. The van der Waals surface area contributed by atoms with Crippen LogP contribution in [0, 0.1) is 6.92 Å². The molecule has 2 aromatic carbocycles. The van der Waals surface area contributed by atoms with Crippen molar-refractivity contribution in [2.45, 2.75) is 6.92 Å². The summed E-state index contributed by atoms with van der Waals surface area (Å²) in [4.78, 5) is 32.3. The largest absolute Gasteiger partial charge is 0.453 e. The molecule has 0 unspecified atom stereocenters.